The lowest BCUT2D eigenvalue weighted by Crippen LogP contribution is -2.20. The summed E-state index contributed by atoms with van der Waals surface area (Å²) in [5.74, 6) is -1.47. The Kier molecular flexibility index (Phi) is 5.80. The lowest BCUT2D eigenvalue weighted by atomic mass is 9.94. The number of aryl methyl sites for hydroxylation is 1. The molecule has 2 heterocycles. The Balaban J connectivity index is 2.04. The Hall–Kier alpha value is -3.16. The van der Waals surface area contributed by atoms with Crippen LogP contribution in [-0.4, -0.2) is 42.7 Å². The van der Waals surface area contributed by atoms with Gasteiger partial charge in [-0.05, 0) is 37.1 Å². The fourth-order valence-corrected chi connectivity index (χ4v) is 4.21. The van der Waals surface area contributed by atoms with Crippen LogP contribution in [0.15, 0.2) is 36.4 Å². The molecule has 31 heavy (non-hydrogen) atoms. The molecule has 0 spiro atoms. The van der Waals surface area contributed by atoms with Crippen LogP contribution < -0.4 is 5.32 Å². The lowest BCUT2D eigenvalue weighted by Gasteiger charge is -2.13. The van der Waals surface area contributed by atoms with E-state index in [4.69, 9.17) is 21.1 Å². The first-order valence-corrected chi connectivity index (χ1v) is 10.3. The summed E-state index contributed by atoms with van der Waals surface area (Å²) in [5, 5.41) is 3.35. The van der Waals surface area contributed by atoms with Gasteiger partial charge in [-0.3, -0.25) is 14.9 Å². The van der Waals surface area contributed by atoms with Crippen LogP contribution in [0.3, 0.4) is 0 Å². The second-order valence-corrected chi connectivity index (χ2v) is 7.53. The number of nitrogens with one attached hydrogen (secondary N) is 1. The van der Waals surface area contributed by atoms with Crippen LogP contribution in [0.1, 0.15) is 44.5 Å². The Morgan fingerprint density at radius 1 is 1.10 bits per heavy atom. The Labute approximate surface area is 183 Å². The van der Waals surface area contributed by atoms with Crippen molar-refractivity contribution in [2.45, 2.75) is 19.9 Å². The summed E-state index contributed by atoms with van der Waals surface area (Å²) in [6.45, 7) is 2.93. The van der Waals surface area contributed by atoms with E-state index in [9.17, 15) is 14.4 Å². The maximum Gasteiger partial charge on any atom is 0.354 e. The van der Waals surface area contributed by atoms with Crippen LogP contribution in [0.4, 0.5) is 0 Å². The maximum atomic E-state index is 12.7. The van der Waals surface area contributed by atoms with Crippen molar-refractivity contribution in [1.29, 1.82) is 0 Å². The Morgan fingerprint density at radius 2 is 1.84 bits per heavy atom. The number of methoxy groups -OCH3 is 1. The maximum absolute atomic E-state index is 12.7. The summed E-state index contributed by atoms with van der Waals surface area (Å²) in [4.78, 5) is 38.1. The van der Waals surface area contributed by atoms with E-state index in [1.165, 1.54) is 0 Å². The van der Waals surface area contributed by atoms with Crippen molar-refractivity contribution in [2.24, 2.45) is 0 Å². The first kappa shape index (κ1) is 21.1. The summed E-state index contributed by atoms with van der Waals surface area (Å²) in [6, 6.07) is 10.6. The van der Waals surface area contributed by atoms with Crippen molar-refractivity contribution in [3.05, 3.63) is 58.2 Å². The second-order valence-electron chi connectivity index (χ2n) is 7.12. The van der Waals surface area contributed by atoms with Crippen LogP contribution in [-0.2, 0) is 16.0 Å². The topological polar surface area (TPSA) is 86.6 Å². The highest BCUT2D eigenvalue weighted by molar-refractivity contribution is 6.35. The van der Waals surface area contributed by atoms with E-state index in [2.05, 4.69) is 5.32 Å². The molecule has 0 fully saturated rings. The number of ether oxygens (including phenoxy) is 2. The largest absolute Gasteiger partial charge is 0.461 e. The fourth-order valence-electron chi connectivity index (χ4n) is 3.97. The molecule has 2 amide bonds. The predicted octanol–water partition coefficient (Wildman–Crippen LogP) is 4.06. The third-order valence-corrected chi connectivity index (χ3v) is 5.60. The molecule has 0 aliphatic carbocycles. The number of rotatable bonds is 7. The van der Waals surface area contributed by atoms with Gasteiger partial charge in [0.15, 0.2) is 0 Å². The van der Waals surface area contributed by atoms with Gasteiger partial charge in [-0.15, -0.1) is 0 Å². The summed E-state index contributed by atoms with van der Waals surface area (Å²) in [6.07, 6.45) is 0.649. The molecular weight excluding hydrogens is 420 g/mol. The molecule has 0 bridgehead atoms. The van der Waals surface area contributed by atoms with Crippen molar-refractivity contribution >= 4 is 40.3 Å². The molecule has 1 aromatic heterocycles. The molecule has 0 saturated carbocycles. The third kappa shape index (κ3) is 3.60. The first-order chi connectivity index (χ1) is 15.0. The zero-order valence-electron chi connectivity index (χ0n) is 17.2. The highest BCUT2D eigenvalue weighted by Crippen LogP contribution is 2.39. The standard InChI is InChI=1S/C23H21ClN2O5/c1-3-31-23(29)18-12-15-17(26(18)9-6-10-30-2)11-14(13-7-4-5-8-16(13)24)19-20(15)22(28)25-21(19)27/h4-5,7-8,11-12H,3,6,9-10H2,1-2H3,(H,25,27,28). The molecule has 160 valence electrons. The van der Waals surface area contributed by atoms with E-state index < -0.39 is 17.8 Å². The predicted molar refractivity (Wildman–Crippen MR) is 117 cm³/mol. The minimum atomic E-state index is -0.497. The number of hydrogen-bond acceptors (Lipinski definition) is 5. The number of benzene rings is 2. The molecular formula is C23H21ClN2O5. The molecule has 0 atom stereocenters. The van der Waals surface area contributed by atoms with E-state index >= 15 is 0 Å². The number of nitrogens with zero attached hydrogens (tertiary/aromatic N) is 1. The smallest absolute Gasteiger partial charge is 0.354 e. The highest BCUT2D eigenvalue weighted by atomic mass is 35.5. The van der Waals surface area contributed by atoms with E-state index in [1.807, 2.05) is 16.7 Å². The first-order valence-electron chi connectivity index (χ1n) is 9.94. The molecule has 1 aliphatic heterocycles. The number of halogens is 1. The fraction of sp³-hybridized carbons (Fsp3) is 0.261. The van der Waals surface area contributed by atoms with Crippen molar-refractivity contribution in [2.75, 3.05) is 20.3 Å². The molecule has 7 nitrogen and oxygen atoms in total. The van der Waals surface area contributed by atoms with Gasteiger partial charge in [0.05, 0.1) is 23.3 Å². The van der Waals surface area contributed by atoms with Gasteiger partial charge in [-0.2, -0.15) is 0 Å². The van der Waals surface area contributed by atoms with E-state index in [1.54, 1.807) is 38.3 Å². The van der Waals surface area contributed by atoms with Crippen LogP contribution in [0.25, 0.3) is 22.0 Å². The number of carbonyl (C=O) groups excluding carboxylic acids is 3. The number of hydrogen-bond donors (Lipinski definition) is 1. The SMILES string of the molecule is CCOC(=O)c1cc2c3c(c(-c4ccccc4Cl)cc2n1CCCOC)C(=O)NC3=O. The quantitative estimate of drug-likeness (QED) is 0.340. The van der Waals surface area contributed by atoms with Crippen molar-refractivity contribution in [3.8, 4) is 11.1 Å². The normalized spacial score (nSPS) is 12.9. The van der Waals surface area contributed by atoms with E-state index in [0.29, 0.717) is 52.3 Å². The van der Waals surface area contributed by atoms with E-state index in [0.717, 1.165) is 0 Å². The van der Waals surface area contributed by atoms with Gasteiger partial charge < -0.3 is 14.0 Å². The van der Waals surface area contributed by atoms with Crippen molar-refractivity contribution < 1.29 is 23.9 Å². The lowest BCUT2D eigenvalue weighted by molar-refractivity contribution is 0.0513. The number of aromatic nitrogens is 1. The molecule has 2 aromatic carbocycles. The highest BCUT2D eigenvalue weighted by Gasteiger charge is 2.34. The van der Waals surface area contributed by atoms with Gasteiger partial charge >= 0.3 is 5.97 Å². The molecule has 0 radical (unpaired) electrons. The number of fused-ring (bicyclic) bond motifs is 3. The van der Waals surface area contributed by atoms with Crippen LogP contribution in [0, 0.1) is 0 Å². The van der Waals surface area contributed by atoms with Gasteiger partial charge in [-0.25, -0.2) is 4.79 Å². The second kappa shape index (κ2) is 8.53. The molecule has 0 unspecified atom stereocenters. The third-order valence-electron chi connectivity index (χ3n) is 5.27. The minimum absolute atomic E-state index is 0.223. The molecule has 4 rings (SSSR count). The van der Waals surface area contributed by atoms with E-state index in [-0.39, 0.29) is 17.7 Å². The minimum Gasteiger partial charge on any atom is -0.461 e. The number of amides is 2. The van der Waals surface area contributed by atoms with Gasteiger partial charge in [0.25, 0.3) is 11.8 Å². The zero-order chi connectivity index (χ0) is 22.1. The molecule has 0 saturated heterocycles. The van der Waals surface area contributed by atoms with Crippen LogP contribution in [0.2, 0.25) is 5.02 Å². The van der Waals surface area contributed by atoms with Gasteiger partial charge in [0, 0.05) is 36.2 Å². The van der Waals surface area contributed by atoms with Crippen molar-refractivity contribution in [3.63, 3.8) is 0 Å². The zero-order valence-corrected chi connectivity index (χ0v) is 17.9. The van der Waals surface area contributed by atoms with Crippen molar-refractivity contribution in [1.82, 2.24) is 9.88 Å². The number of carbonyl (C=O) groups is 3. The number of imide groups is 1. The van der Waals surface area contributed by atoms with Gasteiger partial charge in [0.1, 0.15) is 5.69 Å². The monoisotopic (exact) mass is 440 g/mol. The van der Waals surface area contributed by atoms with Gasteiger partial charge in [-0.1, -0.05) is 29.8 Å². The Bertz CT molecular complexity index is 1210. The summed E-state index contributed by atoms with van der Waals surface area (Å²) in [5.41, 5.74) is 2.65. The summed E-state index contributed by atoms with van der Waals surface area (Å²) >= 11 is 6.42. The van der Waals surface area contributed by atoms with Crippen LogP contribution in [0.5, 0.6) is 0 Å². The average molecular weight is 441 g/mol. The Morgan fingerprint density at radius 3 is 2.55 bits per heavy atom. The average Bonchev–Trinajstić information content (AvgIpc) is 3.25. The number of esters is 1. The molecule has 1 aliphatic rings. The van der Waals surface area contributed by atoms with Gasteiger partial charge in [0.2, 0.25) is 0 Å². The molecule has 3 aromatic rings. The molecule has 8 heteroatoms. The molecule has 1 N–H and O–H groups in total. The van der Waals surface area contributed by atoms with Crippen LogP contribution >= 0.6 is 11.6 Å². The summed E-state index contributed by atoms with van der Waals surface area (Å²) in [7, 11) is 1.61. The summed E-state index contributed by atoms with van der Waals surface area (Å²) < 4.78 is 12.2.